The van der Waals surface area contributed by atoms with Crippen molar-refractivity contribution in [3.8, 4) is 11.1 Å². The molecule has 34 heavy (non-hydrogen) atoms. The molecule has 0 atom stereocenters. The highest BCUT2D eigenvalue weighted by atomic mass is 16.4. The van der Waals surface area contributed by atoms with Gasteiger partial charge in [0.25, 0.3) is 0 Å². The third-order valence-corrected chi connectivity index (χ3v) is 6.85. The molecule has 1 fully saturated rings. The van der Waals surface area contributed by atoms with Gasteiger partial charge >= 0.3 is 5.97 Å². The fraction of sp³-hybridized carbons (Fsp3) is 0.179. The lowest BCUT2D eigenvalue weighted by atomic mass is 9.99. The molecule has 6 nitrogen and oxygen atoms in total. The molecule has 5 aromatic rings. The summed E-state index contributed by atoms with van der Waals surface area (Å²) in [6.07, 6.45) is 2.00. The van der Waals surface area contributed by atoms with Crippen molar-refractivity contribution in [1.82, 2.24) is 14.9 Å². The molecule has 1 aliphatic heterocycles. The van der Waals surface area contributed by atoms with Gasteiger partial charge in [0.1, 0.15) is 0 Å². The van der Waals surface area contributed by atoms with E-state index in [4.69, 9.17) is 0 Å². The van der Waals surface area contributed by atoms with E-state index in [1.54, 1.807) is 12.1 Å². The molecule has 0 radical (unpaired) electrons. The van der Waals surface area contributed by atoms with Crippen LogP contribution in [0.2, 0.25) is 0 Å². The number of nitrogens with one attached hydrogen (secondary N) is 2. The van der Waals surface area contributed by atoms with Gasteiger partial charge in [0.05, 0.1) is 5.56 Å². The van der Waals surface area contributed by atoms with Crippen molar-refractivity contribution >= 4 is 33.5 Å². The molecule has 3 aromatic carbocycles. The van der Waals surface area contributed by atoms with Crippen LogP contribution in [-0.4, -0.2) is 52.1 Å². The average molecular weight is 451 g/mol. The van der Waals surface area contributed by atoms with E-state index in [9.17, 15) is 9.90 Å². The number of carbonyl (C=O) groups is 1. The van der Waals surface area contributed by atoms with Crippen LogP contribution in [0.3, 0.4) is 0 Å². The van der Waals surface area contributed by atoms with E-state index >= 15 is 0 Å². The summed E-state index contributed by atoms with van der Waals surface area (Å²) in [4.78, 5) is 23.4. The molecule has 0 bridgehead atoms. The largest absolute Gasteiger partial charge is 0.478 e. The minimum atomic E-state index is -0.906. The van der Waals surface area contributed by atoms with Gasteiger partial charge in [-0.15, -0.1) is 0 Å². The number of carboxylic acids is 1. The Labute approximate surface area is 197 Å². The third-order valence-electron chi connectivity index (χ3n) is 6.85. The van der Waals surface area contributed by atoms with Gasteiger partial charge in [-0.05, 0) is 42.0 Å². The maximum Gasteiger partial charge on any atom is 0.335 e. The lowest BCUT2D eigenvalue weighted by molar-refractivity contribution is 0.0697. The van der Waals surface area contributed by atoms with E-state index in [-0.39, 0.29) is 0 Å². The fourth-order valence-corrected chi connectivity index (χ4v) is 5.17. The van der Waals surface area contributed by atoms with Crippen molar-refractivity contribution < 1.29 is 9.90 Å². The summed E-state index contributed by atoms with van der Waals surface area (Å²) in [5, 5.41) is 11.9. The molecule has 1 saturated heterocycles. The van der Waals surface area contributed by atoms with Crippen LogP contribution in [-0.2, 0) is 6.54 Å². The number of nitrogens with zero attached hydrogens (tertiary/aromatic N) is 2. The monoisotopic (exact) mass is 450 g/mol. The van der Waals surface area contributed by atoms with E-state index in [1.807, 2.05) is 30.5 Å². The molecule has 1 aliphatic rings. The number of fused-ring (bicyclic) bond motifs is 2. The Morgan fingerprint density at radius 2 is 1.65 bits per heavy atom. The fourth-order valence-electron chi connectivity index (χ4n) is 5.17. The van der Waals surface area contributed by atoms with E-state index in [2.05, 4.69) is 56.2 Å². The standard InChI is InChI=1S/C28H26N4O2/c33-28(34)20-6-3-5-19(17-20)27-22-7-1-2-8-24(22)30-25(27)18-31-13-15-32(16-14-31)26-10-4-9-23-21(26)11-12-29-23/h1-12,17,29-30H,13-16,18H2,(H,33,34). The number of hydrogen-bond donors (Lipinski definition) is 3. The lowest BCUT2D eigenvalue weighted by Gasteiger charge is -2.36. The minimum absolute atomic E-state index is 0.307. The summed E-state index contributed by atoms with van der Waals surface area (Å²) >= 11 is 0. The van der Waals surface area contributed by atoms with Gasteiger partial charge in [0.15, 0.2) is 0 Å². The predicted molar refractivity (Wildman–Crippen MR) is 136 cm³/mol. The van der Waals surface area contributed by atoms with Gasteiger partial charge in [0, 0.05) is 77.7 Å². The third kappa shape index (κ3) is 3.62. The molecule has 0 saturated carbocycles. The molecular formula is C28H26N4O2. The number of carboxylic acid groups (broad SMARTS) is 1. The first-order valence-electron chi connectivity index (χ1n) is 11.6. The number of piperazine rings is 1. The van der Waals surface area contributed by atoms with Crippen molar-refractivity contribution in [3.63, 3.8) is 0 Å². The van der Waals surface area contributed by atoms with Crippen molar-refractivity contribution in [2.24, 2.45) is 0 Å². The van der Waals surface area contributed by atoms with Crippen LogP contribution >= 0.6 is 0 Å². The number of rotatable bonds is 5. The summed E-state index contributed by atoms with van der Waals surface area (Å²) in [7, 11) is 0. The van der Waals surface area contributed by atoms with Gasteiger partial charge in [-0.25, -0.2) is 4.79 Å². The zero-order valence-corrected chi connectivity index (χ0v) is 18.8. The first kappa shape index (κ1) is 20.6. The zero-order chi connectivity index (χ0) is 23.1. The zero-order valence-electron chi connectivity index (χ0n) is 18.8. The lowest BCUT2D eigenvalue weighted by Crippen LogP contribution is -2.46. The van der Waals surface area contributed by atoms with Crippen molar-refractivity contribution in [3.05, 3.63) is 90.3 Å². The predicted octanol–water partition coefficient (Wildman–Crippen LogP) is 5.34. The molecular weight excluding hydrogens is 424 g/mol. The summed E-state index contributed by atoms with van der Waals surface area (Å²) in [6, 6.07) is 24.1. The van der Waals surface area contributed by atoms with Crippen LogP contribution < -0.4 is 4.90 Å². The first-order valence-corrected chi connectivity index (χ1v) is 11.6. The molecule has 170 valence electrons. The maximum absolute atomic E-state index is 11.6. The topological polar surface area (TPSA) is 75.4 Å². The molecule has 3 heterocycles. The molecule has 0 aliphatic carbocycles. The Balaban J connectivity index is 1.27. The average Bonchev–Trinajstić information content (AvgIpc) is 3.49. The highest BCUT2D eigenvalue weighted by molar-refractivity contribution is 5.99. The number of aromatic nitrogens is 2. The van der Waals surface area contributed by atoms with Crippen LogP contribution in [0.1, 0.15) is 16.1 Å². The Morgan fingerprint density at radius 3 is 2.50 bits per heavy atom. The highest BCUT2D eigenvalue weighted by Gasteiger charge is 2.22. The van der Waals surface area contributed by atoms with Crippen LogP contribution in [0.4, 0.5) is 5.69 Å². The van der Waals surface area contributed by atoms with Crippen LogP contribution in [0, 0.1) is 0 Å². The Morgan fingerprint density at radius 1 is 0.853 bits per heavy atom. The maximum atomic E-state index is 11.6. The summed E-state index contributed by atoms with van der Waals surface area (Å²) in [5.74, 6) is -0.906. The Kier molecular flexibility index (Phi) is 5.08. The molecule has 3 N–H and O–H groups in total. The van der Waals surface area contributed by atoms with Crippen molar-refractivity contribution in [2.45, 2.75) is 6.54 Å². The number of anilines is 1. The smallest absolute Gasteiger partial charge is 0.335 e. The van der Waals surface area contributed by atoms with Gasteiger partial charge in [0.2, 0.25) is 0 Å². The molecule has 0 unspecified atom stereocenters. The summed E-state index contributed by atoms with van der Waals surface area (Å²) in [5.41, 5.74) is 7.00. The molecule has 2 aromatic heterocycles. The normalized spacial score (nSPS) is 14.8. The van der Waals surface area contributed by atoms with Gasteiger partial charge < -0.3 is 20.0 Å². The number of benzene rings is 3. The van der Waals surface area contributed by atoms with E-state index in [0.717, 1.165) is 60.4 Å². The van der Waals surface area contributed by atoms with Gasteiger partial charge in [-0.2, -0.15) is 0 Å². The summed E-state index contributed by atoms with van der Waals surface area (Å²) < 4.78 is 0. The second-order valence-electron chi connectivity index (χ2n) is 8.89. The summed E-state index contributed by atoms with van der Waals surface area (Å²) in [6.45, 7) is 4.65. The molecule has 6 rings (SSSR count). The quantitative estimate of drug-likeness (QED) is 0.338. The van der Waals surface area contributed by atoms with Gasteiger partial charge in [-0.3, -0.25) is 4.90 Å². The molecule has 6 heteroatoms. The number of hydrogen-bond acceptors (Lipinski definition) is 3. The van der Waals surface area contributed by atoms with Crippen LogP contribution in [0.15, 0.2) is 79.0 Å². The number of aromatic carboxylic acids is 1. The Bertz CT molecular complexity index is 1490. The SMILES string of the molecule is O=C(O)c1cccc(-c2c(CN3CCN(c4cccc5[nH]ccc45)CC3)[nH]c3ccccc23)c1. The van der Waals surface area contributed by atoms with E-state index in [1.165, 1.54) is 16.6 Å². The molecule has 0 spiro atoms. The Hall–Kier alpha value is -4.03. The van der Waals surface area contributed by atoms with Crippen molar-refractivity contribution in [1.29, 1.82) is 0 Å². The van der Waals surface area contributed by atoms with Crippen molar-refractivity contribution in [2.75, 3.05) is 31.1 Å². The van der Waals surface area contributed by atoms with E-state index in [0.29, 0.717) is 5.56 Å². The second-order valence-corrected chi connectivity index (χ2v) is 8.89. The van der Waals surface area contributed by atoms with Crippen LogP contribution in [0.25, 0.3) is 32.9 Å². The second kappa shape index (κ2) is 8.39. The number of aromatic amines is 2. The highest BCUT2D eigenvalue weighted by Crippen LogP contribution is 2.34. The minimum Gasteiger partial charge on any atom is -0.478 e. The number of para-hydroxylation sites is 1. The first-order chi connectivity index (χ1) is 16.7. The number of H-pyrrole nitrogens is 2. The van der Waals surface area contributed by atoms with Gasteiger partial charge in [-0.1, -0.05) is 36.4 Å². The van der Waals surface area contributed by atoms with Crippen LogP contribution in [0.5, 0.6) is 0 Å². The molecule has 0 amide bonds. The van der Waals surface area contributed by atoms with E-state index < -0.39 is 5.97 Å².